The number of rotatable bonds is 7. The second kappa shape index (κ2) is 8.33. The molecule has 0 unspecified atom stereocenters. The van der Waals surface area contributed by atoms with Crippen LogP contribution in [0.5, 0.6) is 0 Å². The standard InChI is InChI=1S/C17H20N4O4S/c1-11(22)12-4-6-13(7-5-12)18-15(23)10-26-17-20-19-16(24)21(17)9-14-3-2-8-25-14/h4-7,14H,2-3,8-10H2,1H3,(H,18,23)(H,19,24)/t14-/m1/s1. The highest BCUT2D eigenvalue weighted by Crippen LogP contribution is 2.18. The van der Waals surface area contributed by atoms with E-state index in [0.29, 0.717) is 29.6 Å². The van der Waals surface area contributed by atoms with Crippen LogP contribution in [0.2, 0.25) is 0 Å². The van der Waals surface area contributed by atoms with Gasteiger partial charge in [-0.2, -0.15) is 0 Å². The number of amides is 1. The van der Waals surface area contributed by atoms with E-state index in [2.05, 4.69) is 15.5 Å². The van der Waals surface area contributed by atoms with E-state index in [1.54, 1.807) is 24.3 Å². The lowest BCUT2D eigenvalue weighted by Gasteiger charge is -2.11. The number of aromatic nitrogens is 3. The van der Waals surface area contributed by atoms with Crippen LogP contribution in [0.1, 0.15) is 30.1 Å². The number of benzene rings is 1. The third kappa shape index (κ3) is 4.61. The molecule has 0 aliphatic carbocycles. The molecule has 0 bridgehead atoms. The molecular weight excluding hydrogens is 356 g/mol. The van der Waals surface area contributed by atoms with Gasteiger partial charge in [0.05, 0.1) is 18.4 Å². The predicted octanol–water partition coefficient (Wildman–Crippen LogP) is 1.68. The number of H-pyrrole nitrogens is 1. The number of nitrogens with one attached hydrogen (secondary N) is 2. The van der Waals surface area contributed by atoms with Gasteiger partial charge < -0.3 is 10.1 Å². The van der Waals surface area contributed by atoms with Crippen LogP contribution in [0.4, 0.5) is 5.69 Å². The Bertz CT molecular complexity index is 837. The Kier molecular flexibility index (Phi) is 5.89. The predicted molar refractivity (Wildman–Crippen MR) is 97.6 cm³/mol. The molecule has 0 saturated carbocycles. The molecule has 1 atom stereocenters. The molecule has 8 nitrogen and oxygen atoms in total. The second-order valence-electron chi connectivity index (χ2n) is 6.03. The minimum absolute atomic E-state index is 0.0123. The number of hydrogen-bond acceptors (Lipinski definition) is 6. The largest absolute Gasteiger partial charge is 0.376 e. The van der Waals surface area contributed by atoms with E-state index in [-0.39, 0.29) is 29.2 Å². The van der Waals surface area contributed by atoms with E-state index in [9.17, 15) is 14.4 Å². The molecule has 1 aromatic carbocycles. The first-order valence-corrected chi connectivity index (χ1v) is 9.32. The van der Waals surface area contributed by atoms with E-state index >= 15 is 0 Å². The fourth-order valence-corrected chi connectivity index (χ4v) is 3.44. The molecule has 9 heteroatoms. The molecule has 2 N–H and O–H groups in total. The van der Waals surface area contributed by atoms with Gasteiger partial charge in [-0.3, -0.25) is 14.2 Å². The Labute approximate surface area is 154 Å². The van der Waals surface area contributed by atoms with Gasteiger partial charge in [0.25, 0.3) is 0 Å². The average molecular weight is 376 g/mol. The molecular formula is C17H20N4O4S. The first-order valence-electron chi connectivity index (χ1n) is 8.33. The van der Waals surface area contributed by atoms with E-state index in [1.807, 2.05) is 0 Å². The third-order valence-electron chi connectivity index (χ3n) is 4.04. The van der Waals surface area contributed by atoms with Crippen molar-refractivity contribution in [3.63, 3.8) is 0 Å². The molecule has 3 rings (SSSR count). The molecule has 1 saturated heterocycles. The zero-order valence-electron chi connectivity index (χ0n) is 14.4. The molecule has 1 aliphatic rings. The topological polar surface area (TPSA) is 106 Å². The maximum absolute atomic E-state index is 12.1. The van der Waals surface area contributed by atoms with Crippen molar-refractivity contribution >= 4 is 29.1 Å². The minimum Gasteiger partial charge on any atom is -0.376 e. The van der Waals surface area contributed by atoms with Crippen molar-refractivity contribution < 1.29 is 14.3 Å². The van der Waals surface area contributed by atoms with Crippen molar-refractivity contribution in [3.05, 3.63) is 40.3 Å². The number of hydrogen-bond donors (Lipinski definition) is 2. The summed E-state index contributed by atoms with van der Waals surface area (Å²) in [6, 6.07) is 6.69. The molecule has 26 heavy (non-hydrogen) atoms. The summed E-state index contributed by atoms with van der Waals surface area (Å²) in [6.07, 6.45) is 1.92. The normalized spacial score (nSPS) is 16.6. The molecule has 1 amide bonds. The number of Topliss-reactive ketones (excluding diaryl/α,β-unsaturated/α-hetero) is 1. The van der Waals surface area contributed by atoms with Gasteiger partial charge in [-0.05, 0) is 44.0 Å². The van der Waals surface area contributed by atoms with Crippen LogP contribution in [0.15, 0.2) is 34.2 Å². The highest BCUT2D eigenvalue weighted by Gasteiger charge is 2.20. The van der Waals surface area contributed by atoms with Gasteiger partial charge in [-0.15, -0.1) is 5.10 Å². The number of nitrogens with zero attached hydrogens (tertiary/aromatic N) is 2. The monoisotopic (exact) mass is 376 g/mol. The summed E-state index contributed by atoms with van der Waals surface area (Å²) < 4.78 is 7.06. The number of thioether (sulfide) groups is 1. The summed E-state index contributed by atoms with van der Waals surface area (Å²) in [5.41, 5.74) is 0.898. The van der Waals surface area contributed by atoms with Gasteiger partial charge in [0.15, 0.2) is 10.9 Å². The molecule has 138 valence electrons. The quantitative estimate of drug-likeness (QED) is 0.563. The van der Waals surface area contributed by atoms with Gasteiger partial charge in [-0.1, -0.05) is 11.8 Å². The summed E-state index contributed by atoms with van der Waals surface area (Å²) in [4.78, 5) is 35.3. The Morgan fingerprint density at radius 3 is 2.81 bits per heavy atom. The second-order valence-corrected chi connectivity index (χ2v) is 6.97. The zero-order chi connectivity index (χ0) is 18.5. The molecule has 1 fully saturated rings. The molecule has 0 spiro atoms. The van der Waals surface area contributed by atoms with Crippen LogP contribution in [0, 0.1) is 0 Å². The smallest absolute Gasteiger partial charge is 0.344 e. The van der Waals surface area contributed by atoms with E-state index < -0.39 is 0 Å². The van der Waals surface area contributed by atoms with E-state index in [1.165, 1.54) is 23.3 Å². The third-order valence-corrected chi connectivity index (χ3v) is 5.02. The number of anilines is 1. The van der Waals surface area contributed by atoms with Crippen LogP contribution >= 0.6 is 11.8 Å². The van der Waals surface area contributed by atoms with E-state index in [4.69, 9.17) is 4.74 Å². The van der Waals surface area contributed by atoms with Crippen LogP contribution in [-0.4, -0.2) is 44.9 Å². The summed E-state index contributed by atoms with van der Waals surface area (Å²) in [6.45, 7) is 2.64. The summed E-state index contributed by atoms with van der Waals surface area (Å²) >= 11 is 1.19. The average Bonchev–Trinajstić information content (AvgIpc) is 3.25. The highest BCUT2D eigenvalue weighted by atomic mass is 32.2. The molecule has 1 aliphatic heterocycles. The van der Waals surface area contributed by atoms with Crippen LogP contribution < -0.4 is 11.0 Å². The highest BCUT2D eigenvalue weighted by molar-refractivity contribution is 7.99. The fraction of sp³-hybridized carbons (Fsp3) is 0.412. The van der Waals surface area contributed by atoms with Gasteiger partial charge in [0.1, 0.15) is 0 Å². The number of ketones is 1. The number of carbonyl (C=O) groups excluding carboxylic acids is 2. The Balaban J connectivity index is 1.56. The maximum Gasteiger partial charge on any atom is 0.344 e. The summed E-state index contributed by atoms with van der Waals surface area (Å²) in [5.74, 6) is -0.129. The summed E-state index contributed by atoms with van der Waals surface area (Å²) in [5, 5.41) is 9.62. The molecule has 0 radical (unpaired) electrons. The Morgan fingerprint density at radius 1 is 1.38 bits per heavy atom. The first-order chi connectivity index (χ1) is 12.5. The van der Waals surface area contributed by atoms with Crippen molar-refractivity contribution in [1.82, 2.24) is 14.8 Å². The van der Waals surface area contributed by atoms with Gasteiger partial charge in [0, 0.05) is 17.9 Å². The lowest BCUT2D eigenvalue weighted by molar-refractivity contribution is -0.113. The molecule has 1 aromatic heterocycles. The maximum atomic E-state index is 12.1. The Morgan fingerprint density at radius 2 is 2.15 bits per heavy atom. The number of aromatic amines is 1. The van der Waals surface area contributed by atoms with Crippen molar-refractivity contribution in [2.75, 3.05) is 17.7 Å². The SMILES string of the molecule is CC(=O)c1ccc(NC(=O)CSc2n[nH]c(=O)n2C[C@H]2CCCO2)cc1. The molecule has 2 heterocycles. The number of ether oxygens (including phenoxy) is 1. The molecule has 2 aromatic rings. The zero-order valence-corrected chi connectivity index (χ0v) is 15.2. The van der Waals surface area contributed by atoms with Gasteiger partial charge in [-0.25, -0.2) is 9.89 Å². The van der Waals surface area contributed by atoms with Crippen LogP contribution in [0.25, 0.3) is 0 Å². The first kappa shape index (κ1) is 18.4. The summed E-state index contributed by atoms with van der Waals surface area (Å²) in [7, 11) is 0. The lowest BCUT2D eigenvalue weighted by atomic mass is 10.1. The van der Waals surface area contributed by atoms with Gasteiger partial charge in [0.2, 0.25) is 5.91 Å². The van der Waals surface area contributed by atoms with Crippen molar-refractivity contribution in [1.29, 1.82) is 0 Å². The van der Waals surface area contributed by atoms with Crippen molar-refractivity contribution in [2.24, 2.45) is 0 Å². The Hall–Kier alpha value is -2.39. The number of carbonyl (C=O) groups is 2. The lowest BCUT2D eigenvalue weighted by Crippen LogP contribution is -2.25. The van der Waals surface area contributed by atoms with Crippen molar-refractivity contribution in [2.45, 2.75) is 37.6 Å². The van der Waals surface area contributed by atoms with Crippen LogP contribution in [-0.2, 0) is 16.1 Å². The fourth-order valence-electron chi connectivity index (χ4n) is 2.68. The van der Waals surface area contributed by atoms with Crippen LogP contribution in [0.3, 0.4) is 0 Å². The van der Waals surface area contributed by atoms with Gasteiger partial charge >= 0.3 is 5.69 Å². The minimum atomic E-state index is -0.303. The van der Waals surface area contributed by atoms with Crippen molar-refractivity contribution in [3.8, 4) is 0 Å². The van der Waals surface area contributed by atoms with E-state index in [0.717, 1.165) is 12.8 Å².